The molecule has 4 aromatic rings. The Morgan fingerprint density at radius 2 is 1.64 bits per heavy atom. The van der Waals surface area contributed by atoms with Crippen molar-refractivity contribution in [3.8, 4) is 17.2 Å². The van der Waals surface area contributed by atoms with Crippen molar-refractivity contribution >= 4 is 16.5 Å². The summed E-state index contributed by atoms with van der Waals surface area (Å²) in [4.78, 5) is 17.2. The fourth-order valence-electron chi connectivity index (χ4n) is 3.95. The number of aromatic nitrogens is 1. The van der Waals surface area contributed by atoms with E-state index in [2.05, 4.69) is 46.3 Å². The quantitative estimate of drug-likeness (QED) is 0.567. The van der Waals surface area contributed by atoms with Gasteiger partial charge in [-0.2, -0.15) is 5.26 Å². The molecular weight excluding hydrogens is 346 g/mol. The number of hydrogen-bond acceptors (Lipinski definition) is 3. The minimum Gasteiger partial charge on any atom is -0.363 e. The number of fused-ring (bicyclic) bond motifs is 2. The Labute approximate surface area is 162 Å². The number of nitrogens with zero attached hydrogens (tertiary/aromatic N) is 2. The third-order valence-electron chi connectivity index (χ3n) is 5.41. The summed E-state index contributed by atoms with van der Waals surface area (Å²) in [7, 11) is 0. The van der Waals surface area contributed by atoms with Crippen LogP contribution in [-0.2, 0) is 13.1 Å². The summed E-state index contributed by atoms with van der Waals surface area (Å²) in [6.07, 6.45) is 1.79. The maximum absolute atomic E-state index is 12.1. The predicted molar refractivity (Wildman–Crippen MR) is 111 cm³/mol. The van der Waals surface area contributed by atoms with Gasteiger partial charge >= 0.3 is 0 Å². The second kappa shape index (κ2) is 6.40. The third kappa shape index (κ3) is 2.65. The molecule has 1 N–H and O–H groups in total. The van der Waals surface area contributed by atoms with Crippen molar-refractivity contribution in [1.29, 1.82) is 5.26 Å². The fourth-order valence-corrected chi connectivity index (χ4v) is 3.95. The summed E-state index contributed by atoms with van der Waals surface area (Å²) in [5.41, 5.74) is 6.37. The average molecular weight is 363 g/mol. The van der Waals surface area contributed by atoms with Crippen LogP contribution in [0.3, 0.4) is 0 Å². The first kappa shape index (κ1) is 16.3. The molecule has 4 heteroatoms. The Hall–Kier alpha value is -3.84. The maximum atomic E-state index is 12.1. The van der Waals surface area contributed by atoms with Gasteiger partial charge in [-0.1, -0.05) is 36.4 Å². The molecule has 1 aliphatic heterocycles. The van der Waals surface area contributed by atoms with Crippen LogP contribution in [0.15, 0.2) is 77.7 Å². The number of H-pyrrole nitrogens is 1. The van der Waals surface area contributed by atoms with Crippen LogP contribution in [0.2, 0.25) is 0 Å². The van der Waals surface area contributed by atoms with Crippen LogP contribution in [-0.4, -0.2) is 4.98 Å². The van der Waals surface area contributed by atoms with Crippen LogP contribution < -0.4 is 10.5 Å². The van der Waals surface area contributed by atoms with Gasteiger partial charge in [0.25, 0.3) is 5.56 Å². The highest BCUT2D eigenvalue weighted by molar-refractivity contribution is 5.95. The maximum Gasteiger partial charge on any atom is 0.255 e. The van der Waals surface area contributed by atoms with Gasteiger partial charge in [-0.25, -0.2) is 0 Å². The molecule has 5 rings (SSSR count). The Bertz CT molecular complexity index is 1300. The van der Waals surface area contributed by atoms with Crippen LogP contribution in [0.1, 0.15) is 16.7 Å². The van der Waals surface area contributed by atoms with Crippen molar-refractivity contribution in [2.45, 2.75) is 13.1 Å². The number of nitriles is 1. The number of benzene rings is 3. The summed E-state index contributed by atoms with van der Waals surface area (Å²) in [5.74, 6) is 0. The number of rotatable bonds is 2. The molecule has 0 fully saturated rings. The van der Waals surface area contributed by atoms with Gasteiger partial charge in [-0.3, -0.25) is 4.79 Å². The zero-order valence-electron chi connectivity index (χ0n) is 15.1. The molecule has 0 saturated carbocycles. The second-order valence-electron chi connectivity index (χ2n) is 7.08. The lowest BCUT2D eigenvalue weighted by Gasteiger charge is -2.18. The Morgan fingerprint density at radius 3 is 2.43 bits per heavy atom. The molecule has 0 saturated heterocycles. The Kier molecular flexibility index (Phi) is 3.73. The SMILES string of the molecule is N#Cc1ccc2c(c1)CN(c1ccc(-c3c[nH]c(=O)c4ccccc34)cc1)C2. The van der Waals surface area contributed by atoms with Crippen molar-refractivity contribution in [2.24, 2.45) is 0 Å². The number of anilines is 1. The number of aromatic amines is 1. The van der Waals surface area contributed by atoms with Crippen molar-refractivity contribution in [2.75, 3.05) is 4.90 Å². The Morgan fingerprint density at radius 1 is 0.893 bits per heavy atom. The zero-order chi connectivity index (χ0) is 19.1. The standard InChI is InChI=1S/C24H17N3O/c25-12-16-5-6-18-14-27(15-19(18)11-16)20-9-7-17(8-10-20)23-13-26-24(28)22-4-2-1-3-21(22)23/h1-11,13H,14-15H2,(H,26,28). The molecule has 0 unspecified atom stereocenters. The predicted octanol–water partition coefficient (Wildman–Crippen LogP) is 4.59. The van der Waals surface area contributed by atoms with Crippen LogP contribution in [0.4, 0.5) is 5.69 Å². The monoisotopic (exact) mass is 363 g/mol. The summed E-state index contributed by atoms with van der Waals surface area (Å²) in [5, 5.41) is 10.8. The van der Waals surface area contributed by atoms with Gasteiger partial charge in [0, 0.05) is 35.9 Å². The summed E-state index contributed by atoms with van der Waals surface area (Å²) >= 11 is 0. The van der Waals surface area contributed by atoms with Crippen LogP contribution in [0.5, 0.6) is 0 Å². The van der Waals surface area contributed by atoms with Crippen LogP contribution in [0, 0.1) is 11.3 Å². The summed E-state index contributed by atoms with van der Waals surface area (Å²) in [6, 6.07) is 24.2. The van der Waals surface area contributed by atoms with Gasteiger partial charge in [0.05, 0.1) is 11.6 Å². The zero-order valence-corrected chi connectivity index (χ0v) is 15.1. The van der Waals surface area contributed by atoms with E-state index in [9.17, 15) is 4.79 Å². The summed E-state index contributed by atoms with van der Waals surface area (Å²) < 4.78 is 0. The molecular formula is C24H17N3O. The fraction of sp³-hybridized carbons (Fsp3) is 0.0833. The molecule has 0 bridgehead atoms. The highest BCUT2D eigenvalue weighted by atomic mass is 16.1. The molecule has 3 aromatic carbocycles. The molecule has 4 nitrogen and oxygen atoms in total. The van der Waals surface area contributed by atoms with E-state index in [1.807, 2.05) is 36.4 Å². The minimum absolute atomic E-state index is 0.0671. The lowest BCUT2D eigenvalue weighted by atomic mass is 10.0. The van der Waals surface area contributed by atoms with Crippen molar-refractivity contribution in [3.63, 3.8) is 0 Å². The minimum atomic E-state index is -0.0671. The molecule has 0 atom stereocenters. The molecule has 2 heterocycles. The molecule has 134 valence electrons. The van der Waals surface area contributed by atoms with Gasteiger partial charge < -0.3 is 9.88 Å². The van der Waals surface area contributed by atoms with Gasteiger partial charge in [0.2, 0.25) is 0 Å². The van der Waals surface area contributed by atoms with E-state index in [1.165, 1.54) is 11.1 Å². The highest BCUT2D eigenvalue weighted by Crippen LogP contribution is 2.32. The van der Waals surface area contributed by atoms with Crippen LogP contribution >= 0.6 is 0 Å². The number of pyridine rings is 1. The molecule has 1 aromatic heterocycles. The van der Waals surface area contributed by atoms with Crippen molar-refractivity contribution < 1.29 is 0 Å². The molecule has 28 heavy (non-hydrogen) atoms. The van der Waals surface area contributed by atoms with Crippen molar-refractivity contribution in [1.82, 2.24) is 4.98 Å². The van der Waals surface area contributed by atoms with Crippen molar-refractivity contribution in [3.05, 3.63) is 100.0 Å². The number of nitrogens with one attached hydrogen (secondary N) is 1. The Balaban J connectivity index is 1.47. The molecule has 0 aliphatic carbocycles. The normalized spacial score (nSPS) is 12.8. The smallest absolute Gasteiger partial charge is 0.255 e. The van der Waals surface area contributed by atoms with Gasteiger partial charge in [-0.05, 0) is 52.4 Å². The van der Waals surface area contributed by atoms with E-state index in [-0.39, 0.29) is 5.56 Å². The average Bonchev–Trinajstić information content (AvgIpc) is 3.18. The first-order valence-electron chi connectivity index (χ1n) is 9.21. The van der Waals surface area contributed by atoms with E-state index in [0.29, 0.717) is 10.9 Å². The third-order valence-corrected chi connectivity index (χ3v) is 5.41. The largest absolute Gasteiger partial charge is 0.363 e. The first-order chi connectivity index (χ1) is 13.7. The van der Waals surface area contributed by atoms with Gasteiger partial charge in [0.15, 0.2) is 0 Å². The highest BCUT2D eigenvalue weighted by Gasteiger charge is 2.19. The molecule has 0 radical (unpaired) electrons. The molecule has 0 amide bonds. The van der Waals surface area contributed by atoms with Crippen LogP contribution in [0.25, 0.3) is 21.9 Å². The molecule has 0 spiro atoms. The number of hydrogen-bond donors (Lipinski definition) is 1. The van der Waals surface area contributed by atoms with E-state index >= 15 is 0 Å². The second-order valence-corrected chi connectivity index (χ2v) is 7.08. The molecule has 1 aliphatic rings. The van der Waals surface area contributed by atoms with E-state index in [1.54, 1.807) is 6.20 Å². The summed E-state index contributed by atoms with van der Waals surface area (Å²) in [6.45, 7) is 1.66. The first-order valence-corrected chi connectivity index (χ1v) is 9.21. The van der Waals surface area contributed by atoms with Gasteiger partial charge in [0.1, 0.15) is 0 Å². The van der Waals surface area contributed by atoms with E-state index in [4.69, 9.17) is 5.26 Å². The van der Waals surface area contributed by atoms with E-state index < -0.39 is 0 Å². The topological polar surface area (TPSA) is 59.9 Å². The lowest BCUT2D eigenvalue weighted by Crippen LogP contribution is -2.14. The van der Waals surface area contributed by atoms with Gasteiger partial charge in [-0.15, -0.1) is 0 Å². The lowest BCUT2D eigenvalue weighted by molar-refractivity contribution is 0.881. The van der Waals surface area contributed by atoms with E-state index in [0.717, 1.165) is 35.3 Å².